The Labute approximate surface area is 114 Å². The van der Waals surface area contributed by atoms with Gasteiger partial charge in [-0.2, -0.15) is 4.98 Å². The summed E-state index contributed by atoms with van der Waals surface area (Å²) in [7, 11) is 3.31. The van der Waals surface area contributed by atoms with Gasteiger partial charge in [0.05, 0.1) is 13.7 Å². The van der Waals surface area contributed by atoms with Crippen molar-refractivity contribution in [3.8, 4) is 11.8 Å². The van der Waals surface area contributed by atoms with Gasteiger partial charge >= 0.3 is 0 Å². The van der Waals surface area contributed by atoms with Gasteiger partial charge < -0.3 is 19.5 Å². The molecule has 0 aliphatic heterocycles. The molecular weight excluding hydrogens is 244 g/mol. The number of nitrogens with zero attached hydrogens (tertiary/aromatic N) is 1. The first kappa shape index (κ1) is 14.1. The summed E-state index contributed by atoms with van der Waals surface area (Å²) in [5, 5.41) is 3.47. The summed E-state index contributed by atoms with van der Waals surface area (Å²) >= 11 is 0. The molecule has 1 aromatic heterocycles. The molecule has 0 spiro atoms. The number of rotatable bonds is 9. The quantitative estimate of drug-likeness (QED) is 0.690. The van der Waals surface area contributed by atoms with E-state index in [1.54, 1.807) is 14.2 Å². The summed E-state index contributed by atoms with van der Waals surface area (Å²) in [6.07, 6.45) is 3.41. The van der Waals surface area contributed by atoms with Gasteiger partial charge in [0, 0.05) is 44.9 Å². The predicted octanol–water partition coefficient (Wildman–Crippen LogP) is 1.76. The first-order chi connectivity index (χ1) is 9.31. The normalized spacial score (nSPS) is 14.4. The Morgan fingerprint density at radius 1 is 1.21 bits per heavy atom. The number of hydrogen-bond donors (Lipinski definition) is 1. The molecule has 19 heavy (non-hydrogen) atoms. The van der Waals surface area contributed by atoms with Crippen molar-refractivity contribution < 1.29 is 14.2 Å². The van der Waals surface area contributed by atoms with Gasteiger partial charge in [0.2, 0.25) is 11.8 Å². The van der Waals surface area contributed by atoms with Crippen molar-refractivity contribution in [2.24, 2.45) is 0 Å². The highest BCUT2D eigenvalue weighted by Crippen LogP contribution is 2.21. The number of pyridine rings is 1. The van der Waals surface area contributed by atoms with Gasteiger partial charge in [0.25, 0.3) is 0 Å². The van der Waals surface area contributed by atoms with E-state index in [1.165, 1.54) is 12.8 Å². The van der Waals surface area contributed by atoms with Crippen molar-refractivity contribution in [2.75, 3.05) is 27.4 Å². The first-order valence-corrected chi connectivity index (χ1v) is 6.72. The Morgan fingerprint density at radius 3 is 2.68 bits per heavy atom. The van der Waals surface area contributed by atoms with Gasteiger partial charge in [-0.1, -0.05) is 0 Å². The standard InChI is InChI=1S/C14H22N2O3/c1-17-6-3-7-19-14-9-11(8-13(16-14)18-2)10-15-12-4-5-12/h8-9,12,15H,3-7,10H2,1-2H3. The fourth-order valence-electron chi connectivity index (χ4n) is 1.74. The van der Waals surface area contributed by atoms with Gasteiger partial charge in [0.15, 0.2) is 0 Å². The van der Waals surface area contributed by atoms with E-state index in [4.69, 9.17) is 14.2 Å². The highest BCUT2D eigenvalue weighted by Gasteiger charge is 2.20. The number of aromatic nitrogens is 1. The third-order valence-corrected chi connectivity index (χ3v) is 2.96. The molecule has 1 aliphatic rings. The Kier molecular flexibility index (Phi) is 5.42. The molecule has 1 aliphatic carbocycles. The molecule has 0 bridgehead atoms. The Morgan fingerprint density at radius 2 is 2.00 bits per heavy atom. The van der Waals surface area contributed by atoms with Crippen LogP contribution < -0.4 is 14.8 Å². The minimum Gasteiger partial charge on any atom is -0.481 e. The van der Waals surface area contributed by atoms with Crippen molar-refractivity contribution >= 4 is 0 Å². The molecule has 5 nitrogen and oxygen atoms in total. The van der Waals surface area contributed by atoms with Crippen LogP contribution in [0.5, 0.6) is 11.8 Å². The lowest BCUT2D eigenvalue weighted by Crippen LogP contribution is -2.15. The summed E-state index contributed by atoms with van der Waals surface area (Å²) in [5.74, 6) is 1.21. The molecule has 0 radical (unpaired) electrons. The lowest BCUT2D eigenvalue weighted by atomic mass is 10.2. The average Bonchev–Trinajstić information content (AvgIpc) is 3.25. The maximum Gasteiger partial charge on any atom is 0.216 e. The molecule has 0 amide bonds. The second kappa shape index (κ2) is 7.31. The van der Waals surface area contributed by atoms with Crippen LogP contribution in [0.15, 0.2) is 12.1 Å². The molecule has 2 rings (SSSR count). The molecule has 1 saturated carbocycles. The molecule has 1 aromatic rings. The third-order valence-electron chi connectivity index (χ3n) is 2.96. The summed E-state index contributed by atoms with van der Waals surface area (Å²) in [6, 6.07) is 4.59. The van der Waals surface area contributed by atoms with E-state index in [-0.39, 0.29) is 0 Å². The van der Waals surface area contributed by atoms with Crippen LogP contribution in [0.2, 0.25) is 0 Å². The summed E-state index contributed by atoms with van der Waals surface area (Å²) in [4.78, 5) is 4.28. The SMILES string of the molecule is COCCCOc1cc(CNC2CC2)cc(OC)n1. The number of nitrogens with one attached hydrogen (secondary N) is 1. The van der Waals surface area contributed by atoms with Crippen molar-refractivity contribution in [1.82, 2.24) is 10.3 Å². The maximum atomic E-state index is 5.61. The van der Waals surface area contributed by atoms with Crippen LogP contribution in [0.4, 0.5) is 0 Å². The number of methoxy groups -OCH3 is 2. The number of hydrogen-bond acceptors (Lipinski definition) is 5. The average molecular weight is 266 g/mol. The monoisotopic (exact) mass is 266 g/mol. The van der Waals surface area contributed by atoms with Gasteiger partial charge in [-0.3, -0.25) is 0 Å². The van der Waals surface area contributed by atoms with Crippen LogP contribution in [-0.4, -0.2) is 38.5 Å². The molecule has 106 valence electrons. The Bertz CT molecular complexity index is 394. The van der Waals surface area contributed by atoms with E-state index < -0.39 is 0 Å². The summed E-state index contributed by atoms with van der Waals surface area (Å²) in [6.45, 7) is 2.13. The minimum atomic E-state index is 0.594. The Balaban J connectivity index is 1.89. The van der Waals surface area contributed by atoms with Crippen LogP contribution >= 0.6 is 0 Å². The van der Waals surface area contributed by atoms with E-state index >= 15 is 0 Å². The van der Waals surface area contributed by atoms with Crippen molar-refractivity contribution in [3.63, 3.8) is 0 Å². The second-order valence-electron chi connectivity index (χ2n) is 4.71. The number of ether oxygens (including phenoxy) is 3. The van der Waals surface area contributed by atoms with Crippen LogP contribution in [0.3, 0.4) is 0 Å². The third kappa shape index (κ3) is 5.04. The van der Waals surface area contributed by atoms with Crippen LogP contribution in [0.1, 0.15) is 24.8 Å². The van der Waals surface area contributed by atoms with Gasteiger partial charge in [-0.05, 0) is 18.4 Å². The van der Waals surface area contributed by atoms with Crippen LogP contribution in [-0.2, 0) is 11.3 Å². The first-order valence-electron chi connectivity index (χ1n) is 6.72. The van der Waals surface area contributed by atoms with Gasteiger partial charge in [0.1, 0.15) is 0 Å². The zero-order valence-corrected chi connectivity index (χ0v) is 11.6. The zero-order valence-electron chi connectivity index (χ0n) is 11.6. The lowest BCUT2D eigenvalue weighted by Gasteiger charge is -2.10. The van der Waals surface area contributed by atoms with E-state index in [1.807, 2.05) is 12.1 Å². The van der Waals surface area contributed by atoms with Crippen molar-refractivity contribution in [1.29, 1.82) is 0 Å². The maximum absolute atomic E-state index is 5.61. The molecule has 1 heterocycles. The molecule has 1 fully saturated rings. The van der Waals surface area contributed by atoms with E-state index in [0.717, 1.165) is 18.5 Å². The van der Waals surface area contributed by atoms with Gasteiger partial charge in [-0.25, -0.2) is 0 Å². The topological polar surface area (TPSA) is 52.6 Å². The van der Waals surface area contributed by atoms with E-state index in [0.29, 0.717) is 31.0 Å². The van der Waals surface area contributed by atoms with E-state index in [2.05, 4.69) is 10.3 Å². The fraction of sp³-hybridized carbons (Fsp3) is 0.643. The highest BCUT2D eigenvalue weighted by atomic mass is 16.5. The molecule has 1 N–H and O–H groups in total. The molecule has 5 heteroatoms. The molecule has 0 unspecified atom stereocenters. The fourth-order valence-corrected chi connectivity index (χ4v) is 1.74. The molecule has 0 saturated heterocycles. The van der Waals surface area contributed by atoms with Crippen molar-refractivity contribution in [2.45, 2.75) is 31.8 Å². The minimum absolute atomic E-state index is 0.594. The molecule has 0 aromatic carbocycles. The highest BCUT2D eigenvalue weighted by molar-refractivity contribution is 5.28. The zero-order chi connectivity index (χ0) is 13.5. The smallest absolute Gasteiger partial charge is 0.216 e. The summed E-state index contributed by atoms with van der Waals surface area (Å²) < 4.78 is 15.8. The van der Waals surface area contributed by atoms with Crippen molar-refractivity contribution in [3.05, 3.63) is 17.7 Å². The van der Waals surface area contributed by atoms with Crippen LogP contribution in [0, 0.1) is 0 Å². The predicted molar refractivity (Wildman–Crippen MR) is 72.6 cm³/mol. The Hall–Kier alpha value is -1.33. The largest absolute Gasteiger partial charge is 0.481 e. The lowest BCUT2D eigenvalue weighted by molar-refractivity contribution is 0.170. The van der Waals surface area contributed by atoms with E-state index in [9.17, 15) is 0 Å². The van der Waals surface area contributed by atoms with Gasteiger partial charge in [-0.15, -0.1) is 0 Å². The molecule has 0 atom stereocenters. The molecular formula is C14H22N2O3. The second-order valence-corrected chi connectivity index (χ2v) is 4.71. The summed E-state index contributed by atoms with van der Waals surface area (Å²) in [5.41, 5.74) is 1.14. The van der Waals surface area contributed by atoms with Crippen LogP contribution in [0.25, 0.3) is 0 Å².